The van der Waals surface area contributed by atoms with Crippen molar-refractivity contribution in [3.63, 3.8) is 0 Å². The fourth-order valence-corrected chi connectivity index (χ4v) is 3.23. The van der Waals surface area contributed by atoms with Gasteiger partial charge in [0.25, 0.3) is 5.88 Å². The molecule has 0 N–H and O–H groups in total. The van der Waals surface area contributed by atoms with Gasteiger partial charge in [-0.1, -0.05) is 24.6 Å². The third-order valence-corrected chi connectivity index (χ3v) is 4.80. The summed E-state index contributed by atoms with van der Waals surface area (Å²) in [5.41, 5.74) is 0.343. The SMILES string of the molecule is CC1CCN(c2nsnc2OCc2c(F)cccc2Cl)CC1. The molecule has 0 aliphatic carbocycles. The van der Waals surface area contributed by atoms with Crippen molar-refractivity contribution in [1.29, 1.82) is 0 Å². The number of hydrogen-bond donors (Lipinski definition) is 0. The summed E-state index contributed by atoms with van der Waals surface area (Å²) in [4.78, 5) is 2.18. The Balaban J connectivity index is 1.70. The summed E-state index contributed by atoms with van der Waals surface area (Å²) in [6.45, 7) is 4.20. The summed E-state index contributed by atoms with van der Waals surface area (Å²) in [5.74, 6) is 1.58. The predicted molar refractivity (Wildman–Crippen MR) is 86.3 cm³/mol. The predicted octanol–water partition coefficient (Wildman–Crippen LogP) is 4.15. The highest BCUT2D eigenvalue weighted by molar-refractivity contribution is 6.99. The first-order chi connectivity index (χ1) is 10.6. The van der Waals surface area contributed by atoms with E-state index in [0.717, 1.165) is 49.4 Å². The average Bonchev–Trinajstić information content (AvgIpc) is 2.96. The smallest absolute Gasteiger partial charge is 0.271 e. The van der Waals surface area contributed by atoms with Crippen molar-refractivity contribution >= 4 is 29.1 Å². The van der Waals surface area contributed by atoms with E-state index in [-0.39, 0.29) is 12.4 Å². The first kappa shape index (κ1) is 15.5. The van der Waals surface area contributed by atoms with Crippen LogP contribution in [0.3, 0.4) is 0 Å². The van der Waals surface area contributed by atoms with Gasteiger partial charge in [0.15, 0.2) is 0 Å². The van der Waals surface area contributed by atoms with Crippen molar-refractivity contribution in [1.82, 2.24) is 8.75 Å². The van der Waals surface area contributed by atoms with Gasteiger partial charge >= 0.3 is 0 Å². The van der Waals surface area contributed by atoms with E-state index in [4.69, 9.17) is 16.3 Å². The summed E-state index contributed by atoms with van der Waals surface area (Å²) in [6.07, 6.45) is 2.27. The topological polar surface area (TPSA) is 38.2 Å². The van der Waals surface area contributed by atoms with Crippen molar-refractivity contribution in [2.45, 2.75) is 26.4 Å². The molecular weight excluding hydrogens is 325 g/mol. The molecule has 2 aromatic rings. The van der Waals surface area contributed by atoms with Crippen LogP contribution in [0.2, 0.25) is 5.02 Å². The van der Waals surface area contributed by atoms with Gasteiger partial charge in [0.1, 0.15) is 12.4 Å². The van der Waals surface area contributed by atoms with E-state index >= 15 is 0 Å². The standard InChI is InChI=1S/C15H17ClFN3OS/c1-10-5-7-20(8-6-10)14-15(19-22-18-14)21-9-11-12(16)3-2-4-13(11)17/h2-4,10H,5-9H2,1H3. The van der Waals surface area contributed by atoms with E-state index < -0.39 is 0 Å². The van der Waals surface area contributed by atoms with Crippen LogP contribution in [0.15, 0.2) is 18.2 Å². The second kappa shape index (κ2) is 6.79. The zero-order chi connectivity index (χ0) is 15.5. The molecule has 0 atom stereocenters. The summed E-state index contributed by atoms with van der Waals surface area (Å²) >= 11 is 7.12. The van der Waals surface area contributed by atoms with E-state index in [2.05, 4.69) is 20.6 Å². The first-order valence-corrected chi connectivity index (χ1v) is 8.39. The molecule has 3 rings (SSSR count). The molecule has 7 heteroatoms. The van der Waals surface area contributed by atoms with Crippen LogP contribution in [-0.4, -0.2) is 21.8 Å². The Morgan fingerprint density at radius 2 is 2.14 bits per heavy atom. The maximum Gasteiger partial charge on any atom is 0.271 e. The number of ether oxygens (including phenoxy) is 1. The number of halogens is 2. The molecule has 0 radical (unpaired) electrons. The van der Waals surface area contributed by atoms with E-state index in [9.17, 15) is 4.39 Å². The fraction of sp³-hybridized carbons (Fsp3) is 0.467. The highest BCUT2D eigenvalue weighted by Gasteiger charge is 2.22. The van der Waals surface area contributed by atoms with Crippen molar-refractivity contribution in [3.05, 3.63) is 34.6 Å². The average molecular weight is 342 g/mol. The maximum absolute atomic E-state index is 13.8. The molecule has 0 unspecified atom stereocenters. The van der Waals surface area contributed by atoms with Crippen molar-refractivity contribution in [3.8, 4) is 5.88 Å². The summed E-state index contributed by atoms with van der Waals surface area (Å²) < 4.78 is 28.0. The molecule has 1 saturated heterocycles. The minimum absolute atomic E-state index is 0.0498. The molecule has 1 aromatic heterocycles. The van der Waals surface area contributed by atoms with Gasteiger partial charge in [-0.3, -0.25) is 0 Å². The Morgan fingerprint density at radius 3 is 2.86 bits per heavy atom. The number of anilines is 1. The van der Waals surface area contributed by atoms with Crippen molar-refractivity contribution in [2.75, 3.05) is 18.0 Å². The molecule has 0 amide bonds. The van der Waals surface area contributed by atoms with Gasteiger partial charge in [0, 0.05) is 18.7 Å². The van der Waals surface area contributed by atoms with Crippen LogP contribution in [0.5, 0.6) is 5.88 Å². The van der Waals surface area contributed by atoms with Gasteiger partial charge in [-0.05, 0) is 30.9 Å². The monoisotopic (exact) mass is 341 g/mol. The van der Waals surface area contributed by atoms with Gasteiger partial charge in [-0.25, -0.2) is 4.39 Å². The van der Waals surface area contributed by atoms with Crippen LogP contribution in [0.25, 0.3) is 0 Å². The molecule has 4 nitrogen and oxygen atoms in total. The molecular formula is C15H17ClFN3OS. The molecule has 0 spiro atoms. The third-order valence-electron chi connectivity index (χ3n) is 3.94. The lowest BCUT2D eigenvalue weighted by molar-refractivity contribution is 0.290. The van der Waals surface area contributed by atoms with E-state index in [1.54, 1.807) is 12.1 Å². The number of hydrogen-bond acceptors (Lipinski definition) is 5. The molecule has 2 heterocycles. The highest BCUT2D eigenvalue weighted by atomic mass is 35.5. The van der Waals surface area contributed by atoms with Crippen LogP contribution in [-0.2, 0) is 6.61 Å². The zero-order valence-electron chi connectivity index (χ0n) is 12.3. The minimum atomic E-state index is -0.371. The van der Waals surface area contributed by atoms with Gasteiger partial charge in [0.05, 0.1) is 16.8 Å². The number of nitrogens with zero attached hydrogens (tertiary/aromatic N) is 3. The summed E-state index contributed by atoms with van der Waals surface area (Å²) in [7, 11) is 0. The lowest BCUT2D eigenvalue weighted by atomic mass is 9.99. The van der Waals surface area contributed by atoms with E-state index in [0.29, 0.717) is 16.5 Å². The fourth-order valence-electron chi connectivity index (χ4n) is 2.49. The third kappa shape index (κ3) is 3.33. The molecule has 1 aliphatic heterocycles. The normalized spacial score (nSPS) is 16.0. The highest BCUT2D eigenvalue weighted by Crippen LogP contribution is 2.30. The Morgan fingerprint density at radius 1 is 1.36 bits per heavy atom. The molecule has 1 aliphatic rings. The Bertz CT molecular complexity index is 623. The van der Waals surface area contributed by atoms with Crippen LogP contribution in [0.1, 0.15) is 25.3 Å². The molecule has 0 saturated carbocycles. The van der Waals surface area contributed by atoms with Crippen molar-refractivity contribution in [2.24, 2.45) is 5.92 Å². The Labute approximate surface area is 138 Å². The Hall–Kier alpha value is -1.40. The molecule has 1 fully saturated rings. The lowest BCUT2D eigenvalue weighted by Gasteiger charge is -2.30. The Kier molecular flexibility index (Phi) is 4.78. The number of benzene rings is 1. The van der Waals surface area contributed by atoms with Crippen LogP contribution in [0.4, 0.5) is 10.2 Å². The summed E-state index contributed by atoms with van der Waals surface area (Å²) in [6, 6.07) is 4.60. The molecule has 0 bridgehead atoms. The quantitative estimate of drug-likeness (QED) is 0.837. The lowest BCUT2D eigenvalue weighted by Crippen LogP contribution is -2.33. The number of piperidine rings is 1. The zero-order valence-corrected chi connectivity index (χ0v) is 13.8. The van der Waals surface area contributed by atoms with Gasteiger partial charge in [0.2, 0.25) is 5.82 Å². The minimum Gasteiger partial charge on any atom is -0.469 e. The van der Waals surface area contributed by atoms with Crippen LogP contribution >= 0.6 is 23.3 Å². The molecule has 22 heavy (non-hydrogen) atoms. The van der Waals surface area contributed by atoms with E-state index in [1.165, 1.54) is 6.07 Å². The van der Waals surface area contributed by atoms with Gasteiger partial charge in [-0.2, -0.15) is 4.37 Å². The largest absolute Gasteiger partial charge is 0.469 e. The first-order valence-electron chi connectivity index (χ1n) is 7.28. The second-order valence-electron chi connectivity index (χ2n) is 5.55. The van der Waals surface area contributed by atoms with Gasteiger partial charge in [-0.15, -0.1) is 4.37 Å². The number of aromatic nitrogens is 2. The summed E-state index contributed by atoms with van der Waals surface area (Å²) in [5, 5.41) is 0.358. The van der Waals surface area contributed by atoms with Gasteiger partial charge < -0.3 is 9.64 Å². The van der Waals surface area contributed by atoms with E-state index in [1.807, 2.05) is 0 Å². The maximum atomic E-state index is 13.8. The van der Waals surface area contributed by atoms with Crippen LogP contribution in [0, 0.1) is 11.7 Å². The molecule has 1 aromatic carbocycles. The molecule has 118 valence electrons. The number of rotatable bonds is 4. The van der Waals surface area contributed by atoms with Crippen LogP contribution < -0.4 is 9.64 Å². The second-order valence-corrected chi connectivity index (χ2v) is 6.49. The van der Waals surface area contributed by atoms with Crippen molar-refractivity contribution < 1.29 is 9.13 Å².